The molecular formula is C17H14N2OS2. The molecule has 0 saturated carbocycles. The van der Waals surface area contributed by atoms with Gasteiger partial charge in [-0.05, 0) is 40.8 Å². The van der Waals surface area contributed by atoms with Gasteiger partial charge in [-0.15, -0.1) is 11.3 Å². The van der Waals surface area contributed by atoms with Gasteiger partial charge in [-0.25, -0.2) is 4.98 Å². The summed E-state index contributed by atoms with van der Waals surface area (Å²) in [5, 5.41) is 7.64. The zero-order valence-corrected chi connectivity index (χ0v) is 13.5. The molecule has 5 heteroatoms. The van der Waals surface area contributed by atoms with Gasteiger partial charge in [0.25, 0.3) is 0 Å². The van der Waals surface area contributed by atoms with Crippen LogP contribution in [0.25, 0.3) is 11.3 Å². The normalized spacial score (nSPS) is 12.5. The Kier molecular flexibility index (Phi) is 3.52. The Labute approximate surface area is 136 Å². The first kappa shape index (κ1) is 13.7. The number of hydrogen-bond donors (Lipinski definition) is 1. The molecule has 2 heterocycles. The lowest BCUT2D eigenvalue weighted by Crippen LogP contribution is -2.13. The van der Waals surface area contributed by atoms with E-state index in [2.05, 4.69) is 28.5 Å². The highest BCUT2D eigenvalue weighted by Crippen LogP contribution is 2.37. The molecule has 0 spiro atoms. The second-order valence-corrected chi connectivity index (χ2v) is 7.17. The molecule has 1 aliphatic carbocycles. The first-order valence-corrected chi connectivity index (χ1v) is 8.94. The van der Waals surface area contributed by atoms with Crippen LogP contribution in [-0.2, 0) is 24.1 Å². The van der Waals surface area contributed by atoms with Crippen LogP contribution in [0.1, 0.15) is 16.0 Å². The van der Waals surface area contributed by atoms with Crippen molar-refractivity contribution in [3.8, 4) is 11.3 Å². The monoisotopic (exact) mass is 326 g/mol. The van der Waals surface area contributed by atoms with Crippen molar-refractivity contribution in [1.82, 2.24) is 4.98 Å². The zero-order chi connectivity index (χ0) is 14.9. The molecule has 0 radical (unpaired) electrons. The number of benzene rings is 1. The molecule has 0 fully saturated rings. The van der Waals surface area contributed by atoms with Crippen LogP contribution in [0.15, 0.2) is 41.1 Å². The maximum Gasteiger partial charge on any atom is 0.230 e. The third-order valence-corrected chi connectivity index (χ3v) is 5.54. The molecule has 1 amide bonds. The van der Waals surface area contributed by atoms with Gasteiger partial charge in [0.1, 0.15) is 0 Å². The van der Waals surface area contributed by atoms with E-state index in [1.54, 1.807) is 22.7 Å². The lowest BCUT2D eigenvalue weighted by atomic mass is 9.94. The number of aromatic nitrogens is 1. The van der Waals surface area contributed by atoms with E-state index < -0.39 is 0 Å². The summed E-state index contributed by atoms with van der Waals surface area (Å²) in [7, 11) is 0. The van der Waals surface area contributed by atoms with Crippen LogP contribution >= 0.6 is 22.7 Å². The van der Waals surface area contributed by atoms with Crippen molar-refractivity contribution >= 4 is 33.7 Å². The molecule has 22 heavy (non-hydrogen) atoms. The molecule has 1 N–H and O–H groups in total. The minimum atomic E-state index is -0.00205. The summed E-state index contributed by atoms with van der Waals surface area (Å²) >= 11 is 3.21. The molecule has 0 bridgehead atoms. The summed E-state index contributed by atoms with van der Waals surface area (Å²) in [6.45, 7) is 0. The molecule has 1 aliphatic rings. The summed E-state index contributed by atoms with van der Waals surface area (Å²) in [5.74, 6) is -0.00205. The summed E-state index contributed by atoms with van der Waals surface area (Å²) in [4.78, 5) is 18.0. The highest BCUT2D eigenvalue weighted by atomic mass is 32.1. The number of nitrogens with zero attached hydrogens (tertiary/aromatic N) is 1. The Morgan fingerprint density at radius 2 is 2.14 bits per heavy atom. The minimum Gasteiger partial charge on any atom is -0.302 e. The first-order valence-electron chi connectivity index (χ1n) is 7.18. The average molecular weight is 326 g/mol. The van der Waals surface area contributed by atoms with Crippen LogP contribution in [0.2, 0.25) is 0 Å². The second-order valence-electron chi connectivity index (χ2n) is 5.30. The number of anilines is 1. The summed E-state index contributed by atoms with van der Waals surface area (Å²) in [5.41, 5.74) is 4.64. The Bertz CT molecular complexity index is 821. The predicted molar refractivity (Wildman–Crippen MR) is 91.6 cm³/mol. The fraction of sp³-hybridized carbons (Fsp3) is 0.176. The average Bonchev–Trinajstić information content (AvgIpc) is 3.16. The van der Waals surface area contributed by atoms with Gasteiger partial charge in [-0.1, -0.05) is 24.3 Å². The van der Waals surface area contributed by atoms with Gasteiger partial charge in [-0.2, -0.15) is 11.3 Å². The van der Waals surface area contributed by atoms with Crippen molar-refractivity contribution in [2.45, 2.75) is 19.3 Å². The molecular weight excluding hydrogens is 312 g/mol. The zero-order valence-electron chi connectivity index (χ0n) is 11.8. The van der Waals surface area contributed by atoms with Crippen molar-refractivity contribution in [2.75, 3.05) is 5.32 Å². The van der Waals surface area contributed by atoms with Crippen LogP contribution in [0, 0.1) is 0 Å². The number of thiazole rings is 1. The number of carbonyl (C=O) groups is 1. The van der Waals surface area contributed by atoms with E-state index in [1.807, 2.05) is 22.9 Å². The second kappa shape index (κ2) is 5.66. The maximum absolute atomic E-state index is 12.1. The van der Waals surface area contributed by atoms with E-state index in [4.69, 9.17) is 0 Å². The lowest BCUT2D eigenvalue weighted by Gasteiger charge is -2.13. The number of carbonyl (C=O) groups excluding carboxylic acids is 1. The quantitative estimate of drug-likeness (QED) is 0.785. The summed E-state index contributed by atoms with van der Waals surface area (Å²) in [6.07, 6.45) is 2.46. The Morgan fingerprint density at radius 3 is 3.00 bits per heavy atom. The molecule has 4 rings (SSSR count). The summed E-state index contributed by atoms with van der Waals surface area (Å²) in [6, 6.07) is 10.4. The Hall–Kier alpha value is -1.98. The highest BCUT2D eigenvalue weighted by molar-refractivity contribution is 7.16. The van der Waals surface area contributed by atoms with Crippen LogP contribution in [0.3, 0.4) is 0 Å². The summed E-state index contributed by atoms with van der Waals surface area (Å²) < 4.78 is 0. The van der Waals surface area contributed by atoms with Crippen molar-refractivity contribution < 1.29 is 4.79 Å². The first-order chi connectivity index (χ1) is 10.8. The van der Waals surface area contributed by atoms with Crippen LogP contribution in [0.4, 0.5) is 5.13 Å². The number of nitrogens with one attached hydrogen (secondary N) is 1. The maximum atomic E-state index is 12.1. The van der Waals surface area contributed by atoms with E-state index in [0.29, 0.717) is 11.6 Å². The fourth-order valence-corrected chi connectivity index (χ4v) is 4.40. The number of rotatable bonds is 3. The van der Waals surface area contributed by atoms with Gasteiger partial charge < -0.3 is 5.32 Å². The third kappa shape index (κ3) is 2.58. The number of fused-ring (bicyclic) bond motifs is 3. The van der Waals surface area contributed by atoms with Gasteiger partial charge >= 0.3 is 0 Å². The minimum absolute atomic E-state index is 0.00205. The Morgan fingerprint density at radius 1 is 1.23 bits per heavy atom. The van der Waals surface area contributed by atoms with Gasteiger partial charge in [0.05, 0.1) is 12.1 Å². The molecule has 3 aromatic rings. The largest absolute Gasteiger partial charge is 0.302 e. The van der Waals surface area contributed by atoms with Crippen molar-refractivity contribution in [3.63, 3.8) is 0 Å². The molecule has 0 saturated heterocycles. The van der Waals surface area contributed by atoms with Crippen molar-refractivity contribution in [3.05, 3.63) is 57.1 Å². The molecule has 0 aliphatic heterocycles. The molecule has 110 valence electrons. The van der Waals surface area contributed by atoms with Crippen molar-refractivity contribution in [1.29, 1.82) is 0 Å². The van der Waals surface area contributed by atoms with E-state index in [0.717, 1.165) is 24.1 Å². The molecule has 3 nitrogen and oxygen atoms in total. The topological polar surface area (TPSA) is 42.0 Å². The van der Waals surface area contributed by atoms with E-state index >= 15 is 0 Å². The molecule has 0 atom stereocenters. The standard InChI is InChI=1S/C17H14N2OS2/c20-15(9-11-7-8-21-10-11)18-17-19-16-13-4-2-1-3-12(13)5-6-14(16)22-17/h1-4,7-8,10H,5-6,9H2,(H,18,19,20). The van der Waals surface area contributed by atoms with E-state index in [1.165, 1.54) is 16.0 Å². The van der Waals surface area contributed by atoms with E-state index in [9.17, 15) is 4.79 Å². The number of thiophene rings is 1. The lowest BCUT2D eigenvalue weighted by molar-refractivity contribution is -0.115. The number of aryl methyl sites for hydroxylation is 2. The van der Waals surface area contributed by atoms with E-state index in [-0.39, 0.29) is 5.91 Å². The fourth-order valence-electron chi connectivity index (χ4n) is 2.74. The number of amides is 1. The van der Waals surface area contributed by atoms with Crippen LogP contribution in [-0.4, -0.2) is 10.9 Å². The Balaban J connectivity index is 1.56. The van der Waals surface area contributed by atoms with Gasteiger partial charge in [0.15, 0.2) is 5.13 Å². The van der Waals surface area contributed by atoms with Gasteiger partial charge in [0, 0.05) is 10.4 Å². The highest BCUT2D eigenvalue weighted by Gasteiger charge is 2.21. The smallest absolute Gasteiger partial charge is 0.230 e. The SMILES string of the molecule is O=C(Cc1ccsc1)Nc1nc2c(s1)CCc1ccccc1-2. The van der Waals surface area contributed by atoms with Crippen LogP contribution < -0.4 is 5.32 Å². The van der Waals surface area contributed by atoms with Gasteiger partial charge in [-0.3, -0.25) is 4.79 Å². The van der Waals surface area contributed by atoms with Crippen LogP contribution in [0.5, 0.6) is 0 Å². The molecule has 1 aromatic carbocycles. The van der Waals surface area contributed by atoms with Crippen molar-refractivity contribution in [2.24, 2.45) is 0 Å². The van der Waals surface area contributed by atoms with Gasteiger partial charge in [0.2, 0.25) is 5.91 Å². The number of hydrogen-bond acceptors (Lipinski definition) is 4. The molecule has 0 unspecified atom stereocenters. The molecule has 2 aromatic heterocycles. The predicted octanol–water partition coefficient (Wildman–Crippen LogP) is 4.15. The third-order valence-electron chi connectivity index (χ3n) is 3.78.